The Bertz CT molecular complexity index is 768. The van der Waals surface area contributed by atoms with Crippen LogP contribution in [0, 0.1) is 0 Å². The highest BCUT2D eigenvalue weighted by Gasteiger charge is 2.38. The number of carbonyl (C=O) groups excluding carboxylic acids is 1. The minimum absolute atomic E-state index is 0.248. The van der Waals surface area contributed by atoms with Crippen molar-refractivity contribution in [3.05, 3.63) is 34.1 Å². The van der Waals surface area contributed by atoms with Gasteiger partial charge in [0.25, 0.3) is 5.82 Å². The van der Waals surface area contributed by atoms with Gasteiger partial charge in [0, 0.05) is 5.02 Å². The maximum atomic E-state index is 12.6. The molecule has 0 bridgehead atoms. The number of alkyl halides is 3. The smallest absolute Gasteiger partial charge is 0.335 e. The van der Waals surface area contributed by atoms with Crippen molar-refractivity contribution in [3.8, 4) is 0 Å². The second-order valence-corrected chi connectivity index (χ2v) is 6.70. The van der Waals surface area contributed by atoms with Gasteiger partial charge in [-0.3, -0.25) is 4.79 Å². The van der Waals surface area contributed by atoms with Gasteiger partial charge in [0.05, 0.1) is 16.0 Å². The van der Waals surface area contributed by atoms with Crippen molar-refractivity contribution in [2.24, 2.45) is 0 Å². The zero-order valence-electron chi connectivity index (χ0n) is 11.9. The van der Waals surface area contributed by atoms with Crippen LogP contribution in [-0.4, -0.2) is 26.0 Å². The Hall–Kier alpha value is -1.65. The van der Waals surface area contributed by atoms with Gasteiger partial charge >= 0.3 is 6.18 Å². The first-order valence-electron chi connectivity index (χ1n) is 6.30. The van der Waals surface area contributed by atoms with E-state index in [1.54, 1.807) is 6.07 Å². The lowest BCUT2D eigenvalue weighted by atomic mass is 10.3. The van der Waals surface area contributed by atoms with Crippen LogP contribution in [0.4, 0.5) is 18.9 Å². The van der Waals surface area contributed by atoms with Crippen molar-refractivity contribution in [2.75, 3.05) is 11.2 Å². The van der Waals surface area contributed by atoms with Crippen molar-refractivity contribution >= 4 is 46.6 Å². The first-order chi connectivity index (χ1) is 11.1. The maximum absolute atomic E-state index is 12.6. The zero-order valence-corrected chi connectivity index (χ0v) is 14.3. The maximum Gasteiger partial charge on any atom is 0.453 e. The first-order valence-corrected chi connectivity index (χ1v) is 7.93. The van der Waals surface area contributed by atoms with Crippen LogP contribution in [0.5, 0.6) is 0 Å². The minimum Gasteiger partial charge on any atom is -0.335 e. The predicted molar refractivity (Wildman–Crippen MR) is 85.6 cm³/mol. The number of hydrogen-bond donors (Lipinski definition) is 2. The number of anilines is 1. The van der Waals surface area contributed by atoms with Gasteiger partial charge in [-0.15, -0.1) is 10.2 Å². The van der Waals surface area contributed by atoms with Gasteiger partial charge in [0.15, 0.2) is 0 Å². The topological polar surface area (TPSA) is 85.8 Å². The van der Waals surface area contributed by atoms with Gasteiger partial charge in [-0.2, -0.15) is 13.2 Å². The molecule has 1 amide bonds. The molecule has 1 heterocycles. The summed E-state index contributed by atoms with van der Waals surface area (Å²) in [6, 6.07) is 4.50. The summed E-state index contributed by atoms with van der Waals surface area (Å²) in [5, 5.41) is 8.44. The number of nitrogen functional groups attached to an aromatic ring is 1. The van der Waals surface area contributed by atoms with E-state index in [-0.39, 0.29) is 15.9 Å². The Morgan fingerprint density at radius 3 is 2.62 bits per heavy atom. The molecule has 0 fully saturated rings. The molecule has 0 aliphatic rings. The number of nitrogens with zero attached hydrogens (tertiary/aromatic N) is 3. The lowest BCUT2D eigenvalue weighted by Gasteiger charge is -2.13. The fourth-order valence-electron chi connectivity index (χ4n) is 1.59. The molecule has 1 atom stereocenters. The Morgan fingerprint density at radius 1 is 1.38 bits per heavy atom. The number of thioether (sulfide) groups is 1. The van der Waals surface area contributed by atoms with E-state index in [9.17, 15) is 18.0 Å². The number of nitrogens with two attached hydrogens (primary N) is 1. The summed E-state index contributed by atoms with van der Waals surface area (Å²) >= 11 is 12.5. The Labute approximate surface area is 148 Å². The standard InChI is InChI=1S/C12H10Cl2F3N5OS/c1-5(9(23)19-8-4-6(13)2-3-7(8)14)24-11-21-20-10(22(11)18)12(15,16)17/h2-5H,18H2,1H3,(H,19,23). The summed E-state index contributed by atoms with van der Waals surface area (Å²) in [7, 11) is 0. The van der Waals surface area contributed by atoms with Crippen molar-refractivity contribution in [2.45, 2.75) is 23.5 Å². The number of aromatic nitrogens is 3. The highest BCUT2D eigenvalue weighted by atomic mass is 35.5. The molecule has 12 heteroatoms. The molecule has 0 saturated carbocycles. The van der Waals surface area contributed by atoms with Crippen molar-refractivity contribution < 1.29 is 18.0 Å². The first kappa shape index (κ1) is 18.7. The molecule has 0 aliphatic heterocycles. The fourth-order valence-corrected chi connectivity index (χ4v) is 2.70. The van der Waals surface area contributed by atoms with Crippen LogP contribution in [0.15, 0.2) is 23.4 Å². The summed E-state index contributed by atoms with van der Waals surface area (Å²) in [6.07, 6.45) is -4.74. The largest absolute Gasteiger partial charge is 0.453 e. The molecule has 0 radical (unpaired) electrons. The molecule has 1 aromatic carbocycles. The molecular weight excluding hydrogens is 390 g/mol. The number of hydrogen-bond acceptors (Lipinski definition) is 5. The average molecular weight is 400 g/mol. The number of rotatable bonds is 4. The van der Waals surface area contributed by atoms with Gasteiger partial charge in [-0.1, -0.05) is 35.0 Å². The normalized spacial score (nSPS) is 12.9. The van der Waals surface area contributed by atoms with Crippen LogP contribution in [0.2, 0.25) is 10.0 Å². The molecule has 0 saturated heterocycles. The summed E-state index contributed by atoms with van der Waals surface area (Å²) in [4.78, 5) is 12.1. The SMILES string of the molecule is CC(Sc1nnc(C(F)(F)F)n1N)C(=O)Nc1cc(Cl)ccc1Cl. The third-order valence-corrected chi connectivity index (χ3v) is 4.38. The highest BCUT2D eigenvalue weighted by Crippen LogP contribution is 2.31. The van der Waals surface area contributed by atoms with Crippen molar-refractivity contribution in [1.29, 1.82) is 0 Å². The van der Waals surface area contributed by atoms with Crippen molar-refractivity contribution in [3.63, 3.8) is 0 Å². The third-order valence-electron chi connectivity index (χ3n) is 2.76. The molecule has 2 rings (SSSR count). The number of carbonyl (C=O) groups is 1. The summed E-state index contributed by atoms with van der Waals surface area (Å²) in [5.74, 6) is 3.45. The monoisotopic (exact) mass is 399 g/mol. The summed E-state index contributed by atoms with van der Waals surface area (Å²) in [5.41, 5.74) is 0.284. The number of benzene rings is 1. The molecule has 1 unspecified atom stereocenters. The van der Waals surface area contributed by atoms with Crippen LogP contribution in [0.1, 0.15) is 12.7 Å². The van der Waals surface area contributed by atoms with Gasteiger partial charge in [-0.05, 0) is 25.1 Å². The minimum atomic E-state index is -4.74. The predicted octanol–water partition coefficient (Wildman–Crippen LogP) is 3.44. The van der Waals surface area contributed by atoms with E-state index in [1.807, 2.05) is 0 Å². The van der Waals surface area contributed by atoms with E-state index in [4.69, 9.17) is 29.0 Å². The fraction of sp³-hybridized carbons (Fsp3) is 0.250. The van der Waals surface area contributed by atoms with Crippen LogP contribution in [0.25, 0.3) is 0 Å². The van der Waals surface area contributed by atoms with Crippen molar-refractivity contribution in [1.82, 2.24) is 14.9 Å². The summed E-state index contributed by atoms with van der Waals surface area (Å²) in [6.45, 7) is 1.47. The Balaban J connectivity index is 2.10. The van der Waals surface area contributed by atoms with Gasteiger partial charge in [-0.25, -0.2) is 4.68 Å². The molecule has 2 aromatic rings. The van der Waals surface area contributed by atoms with Gasteiger partial charge in [0.1, 0.15) is 0 Å². The van der Waals surface area contributed by atoms with E-state index in [0.29, 0.717) is 9.70 Å². The molecule has 0 spiro atoms. The van der Waals surface area contributed by atoms with E-state index in [0.717, 1.165) is 11.8 Å². The molecule has 3 N–H and O–H groups in total. The molecule has 24 heavy (non-hydrogen) atoms. The van der Waals surface area contributed by atoms with Crippen LogP contribution in [-0.2, 0) is 11.0 Å². The van der Waals surface area contributed by atoms with E-state index >= 15 is 0 Å². The second-order valence-electron chi connectivity index (χ2n) is 4.55. The van der Waals surface area contributed by atoms with E-state index in [2.05, 4.69) is 15.5 Å². The highest BCUT2D eigenvalue weighted by molar-refractivity contribution is 8.00. The average Bonchev–Trinajstić information content (AvgIpc) is 2.84. The number of halogens is 5. The molecule has 1 aromatic heterocycles. The van der Waals surface area contributed by atoms with Gasteiger partial charge < -0.3 is 11.2 Å². The summed E-state index contributed by atoms with van der Waals surface area (Å²) < 4.78 is 38.1. The van der Waals surface area contributed by atoms with Crippen LogP contribution >= 0.6 is 35.0 Å². The second kappa shape index (κ2) is 7.08. The molecule has 130 valence electrons. The van der Waals surface area contributed by atoms with E-state index < -0.39 is 23.2 Å². The number of amides is 1. The number of nitrogens with one attached hydrogen (secondary N) is 1. The van der Waals surface area contributed by atoms with Crippen LogP contribution in [0.3, 0.4) is 0 Å². The van der Waals surface area contributed by atoms with Gasteiger partial charge in [0.2, 0.25) is 11.1 Å². The zero-order chi connectivity index (χ0) is 18.1. The third kappa shape index (κ3) is 4.25. The lowest BCUT2D eigenvalue weighted by molar-refractivity contribution is -0.146. The molecule has 0 aliphatic carbocycles. The quantitative estimate of drug-likeness (QED) is 0.607. The lowest BCUT2D eigenvalue weighted by Crippen LogP contribution is -2.25. The molecule has 6 nitrogen and oxygen atoms in total. The van der Waals surface area contributed by atoms with Crippen LogP contribution < -0.4 is 11.2 Å². The molecular formula is C12H10Cl2F3N5OS. The Morgan fingerprint density at radius 2 is 2.04 bits per heavy atom. The van der Waals surface area contributed by atoms with E-state index in [1.165, 1.54) is 19.1 Å². The Kier molecular flexibility index (Phi) is 5.51.